The molecule has 1 aliphatic rings. The van der Waals surface area contributed by atoms with Crippen LogP contribution in [-0.2, 0) is 9.31 Å². The van der Waals surface area contributed by atoms with Crippen LogP contribution in [0.4, 0.5) is 11.4 Å². The summed E-state index contributed by atoms with van der Waals surface area (Å²) in [7, 11) is 1.57. The Morgan fingerprint density at radius 1 is 1.25 bits per heavy atom. The maximum atomic E-state index is 10.7. The zero-order valence-corrected chi connectivity index (χ0v) is 14.7. The van der Waals surface area contributed by atoms with Crippen LogP contribution in [-0.4, -0.2) is 38.3 Å². The van der Waals surface area contributed by atoms with E-state index in [1.54, 1.807) is 12.1 Å². The minimum atomic E-state index is -0.402. The molecule has 1 saturated heterocycles. The van der Waals surface area contributed by atoms with E-state index in [1.165, 1.54) is 12.1 Å². The Kier molecular flexibility index (Phi) is 5.18. The fourth-order valence-electron chi connectivity index (χ4n) is 2.58. The summed E-state index contributed by atoms with van der Waals surface area (Å²) in [6, 6.07) is 14.3. The van der Waals surface area contributed by atoms with Crippen LogP contribution < -0.4 is 10.4 Å². The van der Waals surface area contributed by atoms with Crippen molar-refractivity contribution >= 4 is 39.9 Å². The molecule has 1 atom stereocenters. The van der Waals surface area contributed by atoms with E-state index in [4.69, 9.17) is 9.31 Å². The number of rotatable bonds is 5. The zero-order valence-electron chi connectivity index (χ0n) is 13.1. The Morgan fingerprint density at radius 3 is 2.54 bits per heavy atom. The van der Waals surface area contributed by atoms with Gasteiger partial charge in [0, 0.05) is 35.9 Å². The Balaban J connectivity index is 1.58. The third-order valence-electron chi connectivity index (χ3n) is 3.87. The second-order valence-electron chi connectivity index (χ2n) is 5.63. The molecular formula is C16H16BBrN2O4. The summed E-state index contributed by atoms with van der Waals surface area (Å²) in [6.07, 6.45) is -0.0566. The quantitative estimate of drug-likeness (QED) is 0.446. The van der Waals surface area contributed by atoms with Gasteiger partial charge in [-0.2, -0.15) is 0 Å². The van der Waals surface area contributed by atoms with Crippen molar-refractivity contribution in [3.8, 4) is 0 Å². The first-order valence-electron chi connectivity index (χ1n) is 7.51. The molecule has 24 heavy (non-hydrogen) atoms. The average Bonchev–Trinajstić information content (AvgIpc) is 3.04. The average molecular weight is 391 g/mol. The molecule has 8 heteroatoms. The molecule has 1 aliphatic heterocycles. The van der Waals surface area contributed by atoms with Gasteiger partial charge < -0.3 is 14.2 Å². The topological polar surface area (TPSA) is 64.8 Å². The number of hydrogen-bond donors (Lipinski definition) is 0. The fraction of sp³-hybridized carbons (Fsp3) is 0.250. The molecule has 0 amide bonds. The normalized spacial score (nSPS) is 17.1. The Morgan fingerprint density at radius 2 is 1.92 bits per heavy atom. The Hall–Kier alpha value is -1.90. The molecule has 0 spiro atoms. The summed E-state index contributed by atoms with van der Waals surface area (Å²) in [5.74, 6) is 0. The van der Waals surface area contributed by atoms with Crippen molar-refractivity contribution in [1.82, 2.24) is 0 Å². The lowest BCUT2D eigenvalue weighted by Crippen LogP contribution is -2.35. The summed E-state index contributed by atoms with van der Waals surface area (Å²) in [6.45, 7) is 1.16. The second kappa shape index (κ2) is 7.33. The van der Waals surface area contributed by atoms with Gasteiger partial charge in [-0.05, 0) is 29.7 Å². The number of likely N-dealkylation sites (N-methyl/N-ethyl adjacent to an activating group) is 1. The molecule has 0 saturated carbocycles. The van der Waals surface area contributed by atoms with Gasteiger partial charge in [0.1, 0.15) is 0 Å². The first kappa shape index (κ1) is 16.9. The van der Waals surface area contributed by atoms with Crippen molar-refractivity contribution in [1.29, 1.82) is 0 Å². The number of non-ortho nitro benzene ring substituents is 1. The summed E-state index contributed by atoms with van der Waals surface area (Å²) in [4.78, 5) is 12.3. The maximum Gasteiger partial charge on any atom is 0.494 e. The summed E-state index contributed by atoms with van der Waals surface area (Å²) in [5, 5.41) is 10.7. The van der Waals surface area contributed by atoms with Gasteiger partial charge in [-0.1, -0.05) is 28.1 Å². The lowest BCUT2D eigenvalue weighted by Gasteiger charge is -2.22. The predicted molar refractivity (Wildman–Crippen MR) is 96.7 cm³/mol. The van der Waals surface area contributed by atoms with E-state index < -0.39 is 4.92 Å². The van der Waals surface area contributed by atoms with E-state index in [0.717, 1.165) is 15.6 Å². The second-order valence-corrected chi connectivity index (χ2v) is 6.54. The molecule has 0 radical (unpaired) electrons. The number of halogens is 1. The van der Waals surface area contributed by atoms with E-state index >= 15 is 0 Å². The number of hydrogen-bond acceptors (Lipinski definition) is 5. The van der Waals surface area contributed by atoms with Crippen molar-refractivity contribution in [2.75, 3.05) is 25.1 Å². The minimum absolute atomic E-state index is 0.0566. The van der Waals surface area contributed by atoms with E-state index in [-0.39, 0.29) is 18.9 Å². The standard InChI is InChI=1S/C16H16BBrN2O4/c1-19(14-6-8-15(9-7-14)20(21)22)10-16-11-23-17(24-16)12-2-4-13(18)5-3-12/h2-9,16H,10-11H2,1H3. The molecule has 1 fully saturated rings. The molecule has 6 nitrogen and oxygen atoms in total. The van der Waals surface area contributed by atoms with E-state index in [2.05, 4.69) is 15.9 Å². The lowest BCUT2D eigenvalue weighted by atomic mass is 9.79. The monoisotopic (exact) mass is 390 g/mol. The minimum Gasteiger partial charge on any atom is -0.405 e. The number of nitrogens with zero attached hydrogens (tertiary/aromatic N) is 2. The third-order valence-corrected chi connectivity index (χ3v) is 4.40. The summed E-state index contributed by atoms with van der Waals surface area (Å²) in [5.41, 5.74) is 1.97. The van der Waals surface area contributed by atoms with E-state index in [9.17, 15) is 10.1 Å². The van der Waals surface area contributed by atoms with Gasteiger partial charge in [-0.3, -0.25) is 10.1 Å². The predicted octanol–water partition coefficient (Wildman–Crippen LogP) is 2.60. The smallest absolute Gasteiger partial charge is 0.405 e. The van der Waals surface area contributed by atoms with Crippen LogP contribution in [0.1, 0.15) is 0 Å². The van der Waals surface area contributed by atoms with Crippen LogP contribution in [0.3, 0.4) is 0 Å². The van der Waals surface area contributed by atoms with Gasteiger partial charge in [0.15, 0.2) is 0 Å². The molecule has 0 bridgehead atoms. The molecule has 2 aromatic carbocycles. The SMILES string of the molecule is CN(CC1COB(c2ccc(Br)cc2)O1)c1ccc([N+](=O)[O-])cc1. The largest absolute Gasteiger partial charge is 0.494 e. The highest BCUT2D eigenvalue weighted by Crippen LogP contribution is 2.20. The molecule has 2 aromatic rings. The Bertz CT molecular complexity index is 711. The van der Waals surface area contributed by atoms with Crippen molar-refractivity contribution in [3.63, 3.8) is 0 Å². The van der Waals surface area contributed by atoms with Crippen LogP contribution in [0.2, 0.25) is 0 Å². The molecular weight excluding hydrogens is 375 g/mol. The van der Waals surface area contributed by atoms with Crippen LogP contribution >= 0.6 is 15.9 Å². The first-order valence-corrected chi connectivity index (χ1v) is 8.30. The lowest BCUT2D eigenvalue weighted by molar-refractivity contribution is -0.384. The van der Waals surface area contributed by atoms with Crippen LogP contribution in [0.25, 0.3) is 0 Å². The molecule has 0 aromatic heterocycles. The van der Waals surface area contributed by atoms with Crippen molar-refractivity contribution in [2.24, 2.45) is 0 Å². The summed E-state index contributed by atoms with van der Waals surface area (Å²) < 4.78 is 12.7. The van der Waals surface area contributed by atoms with Crippen LogP contribution in [0.5, 0.6) is 0 Å². The number of nitro benzene ring substituents is 1. The van der Waals surface area contributed by atoms with Crippen LogP contribution in [0.15, 0.2) is 53.0 Å². The van der Waals surface area contributed by atoms with Gasteiger partial charge in [-0.15, -0.1) is 0 Å². The summed E-state index contributed by atoms with van der Waals surface area (Å²) >= 11 is 3.41. The van der Waals surface area contributed by atoms with Crippen molar-refractivity contribution < 1.29 is 14.2 Å². The molecule has 1 heterocycles. The molecule has 124 valence electrons. The highest BCUT2D eigenvalue weighted by molar-refractivity contribution is 9.10. The number of nitro groups is 1. The van der Waals surface area contributed by atoms with Gasteiger partial charge in [-0.25, -0.2) is 0 Å². The highest BCUT2D eigenvalue weighted by atomic mass is 79.9. The fourth-order valence-corrected chi connectivity index (χ4v) is 2.84. The first-order chi connectivity index (χ1) is 11.5. The van der Waals surface area contributed by atoms with Gasteiger partial charge in [0.25, 0.3) is 5.69 Å². The van der Waals surface area contributed by atoms with Crippen molar-refractivity contribution in [2.45, 2.75) is 6.10 Å². The van der Waals surface area contributed by atoms with Crippen molar-refractivity contribution in [3.05, 3.63) is 63.1 Å². The molecule has 3 rings (SSSR count). The van der Waals surface area contributed by atoms with E-state index in [1.807, 2.05) is 36.2 Å². The van der Waals surface area contributed by atoms with Crippen LogP contribution in [0, 0.1) is 10.1 Å². The molecule has 1 unspecified atom stereocenters. The molecule has 0 aliphatic carbocycles. The van der Waals surface area contributed by atoms with Gasteiger partial charge >= 0.3 is 7.12 Å². The van der Waals surface area contributed by atoms with Gasteiger partial charge in [0.2, 0.25) is 0 Å². The van der Waals surface area contributed by atoms with E-state index in [0.29, 0.717) is 13.2 Å². The highest BCUT2D eigenvalue weighted by Gasteiger charge is 2.33. The third kappa shape index (κ3) is 3.95. The maximum absolute atomic E-state index is 10.7. The zero-order chi connectivity index (χ0) is 17.1. The number of benzene rings is 2. The Labute approximate surface area is 148 Å². The van der Waals surface area contributed by atoms with Gasteiger partial charge in [0.05, 0.1) is 17.6 Å². The number of anilines is 1. The molecule has 0 N–H and O–H groups in total.